The molecule has 166 valence electrons. The fraction of sp³-hybridized carbons (Fsp3) is 0.364. The monoisotopic (exact) mass is 448 g/mol. The minimum atomic E-state index is -0.774. The number of halogens is 2. The molecule has 0 aromatic heterocycles. The smallest absolute Gasteiger partial charge is 0.316 e. The maximum atomic E-state index is 13.1. The number of piperazine rings is 1. The summed E-state index contributed by atoms with van der Waals surface area (Å²) in [6.45, 7) is 5.78. The van der Waals surface area contributed by atoms with E-state index >= 15 is 0 Å². The summed E-state index contributed by atoms with van der Waals surface area (Å²) in [7, 11) is 0. The number of hydrogen-bond acceptors (Lipinski definition) is 4. The third-order valence-electron chi connectivity index (χ3n) is 5.31. The predicted molar refractivity (Wildman–Crippen MR) is 118 cm³/mol. The predicted octanol–water partition coefficient (Wildman–Crippen LogP) is 3.47. The highest BCUT2D eigenvalue weighted by Crippen LogP contribution is 2.32. The van der Waals surface area contributed by atoms with E-state index in [1.54, 1.807) is 35.2 Å². The lowest BCUT2D eigenvalue weighted by Gasteiger charge is -2.44. The van der Waals surface area contributed by atoms with Crippen LogP contribution in [0.2, 0.25) is 5.02 Å². The molecule has 3 N–H and O–H groups in total. The topological polar surface area (TPSA) is 87.9 Å². The Morgan fingerprint density at radius 1 is 1.16 bits per heavy atom. The second kappa shape index (κ2) is 9.98. The summed E-state index contributed by atoms with van der Waals surface area (Å²) in [5.41, 5.74) is 6.44. The third-order valence-corrected chi connectivity index (χ3v) is 5.62. The van der Waals surface area contributed by atoms with Crippen LogP contribution < -0.4 is 15.8 Å². The van der Waals surface area contributed by atoms with Crippen LogP contribution in [-0.2, 0) is 11.3 Å². The molecule has 9 heteroatoms. The van der Waals surface area contributed by atoms with Crippen LogP contribution in [0.1, 0.15) is 19.4 Å². The molecular formula is C22H26ClFN4O3. The zero-order chi connectivity index (χ0) is 22.5. The second-order valence-electron chi connectivity index (χ2n) is 7.69. The number of ether oxygens (including phenoxy) is 1. The maximum Gasteiger partial charge on any atom is 0.316 e. The highest BCUT2D eigenvalue weighted by atomic mass is 35.5. The largest absolute Gasteiger partial charge is 0.482 e. The summed E-state index contributed by atoms with van der Waals surface area (Å²) in [6, 6.07) is 10.7. The first kappa shape index (κ1) is 22.8. The Bertz CT molecular complexity index is 941. The Labute approximate surface area is 185 Å². The molecule has 2 atom stereocenters. The van der Waals surface area contributed by atoms with Gasteiger partial charge < -0.3 is 20.7 Å². The van der Waals surface area contributed by atoms with Gasteiger partial charge in [-0.1, -0.05) is 29.8 Å². The van der Waals surface area contributed by atoms with Crippen LogP contribution in [0.15, 0.2) is 42.5 Å². The van der Waals surface area contributed by atoms with Crippen LogP contribution in [0.4, 0.5) is 14.9 Å². The van der Waals surface area contributed by atoms with Gasteiger partial charge in [0.15, 0.2) is 6.61 Å². The van der Waals surface area contributed by atoms with Crippen molar-refractivity contribution in [1.82, 2.24) is 9.80 Å². The van der Waals surface area contributed by atoms with Gasteiger partial charge in [0.05, 0.1) is 5.02 Å². The summed E-state index contributed by atoms with van der Waals surface area (Å²) in [5, 5.41) is 2.68. The number of para-hydroxylation sites is 1. The molecule has 2 aromatic rings. The molecule has 2 aromatic carbocycles. The van der Waals surface area contributed by atoms with E-state index in [1.165, 1.54) is 12.1 Å². The number of primary amides is 1. The van der Waals surface area contributed by atoms with Gasteiger partial charge in [-0.3, -0.25) is 9.69 Å². The van der Waals surface area contributed by atoms with Crippen molar-refractivity contribution in [3.63, 3.8) is 0 Å². The number of nitrogens with one attached hydrogen (secondary N) is 1. The van der Waals surface area contributed by atoms with Crippen molar-refractivity contribution in [2.45, 2.75) is 32.5 Å². The quantitative estimate of drug-likeness (QED) is 0.708. The van der Waals surface area contributed by atoms with E-state index in [9.17, 15) is 14.0 Å². The van der Waals surface area contributed by atoms with Crippen molar-refractivity contribution >= 4 is 29.2 Å². The lowest BCUT2D eigenvalue weighted by Crippen LogP contribution is -2.58. The van der Waals surface area contributed by atoms with Crippen molar-refractivity contribution in [1.29, 1.82) is 0 Å². The number of hydrogen-bond donors (Lipinski definition) is 2. The molecule has 3 rings (SSSR count). The van der Waals surface area contributed by atoms with Gasteiger partial charge >= 0.3 is 6.03 Å². The van der Waals surface area contributed by atoms with Crippen LogP contribution >= 0.6 is 11.6 Å². The molecule has 0 saturated carbocycles. The van der Waals surface area contributed by atoms with Crippen molar-refractivity contribution in [3.05, 3.63) is 58.9 Å². The molecule has 7 nitrogen and oxygen atoms in total. The normalized spacial score (nSPS) is 19.2. The molecule has 0 spiro atoms. The van der Waals surface area contributed by atoms with Crippen LogP contribution in [0.25, 0.3) is 0 Å². The van der Waals surface area contributed by atoms with Gasteiger partial charge in [0.1, 0.15) is 17.3 Å². The number of rotatable bonds is 6. The van der Waals surface area contributed by atoms with Crippen LogP contribution in [0.3, 0.4) is 0 Å². The van der Waals surface area contributed by atoms with Gasteiger partial charge in [-0.05, 0) is 43.7 Å². The van der Waals surface area contributed by atoms with Gasteiger partial charge in [-0.2, -0.15) is 0 Å². The first-order chi connectivity index (χ1) is 14.7. The highest BCUT2D eigenvalue weighted by Gasteiger charge is 2.32. The molecular weight excluding hydrogens is 423 g/mol. The summed E-state index contributed by atoms with van der Waals surface area (Å²) in [5.74, 6) is -0.143. The zero-order valence-electron chi connectivity index (χ0n) is 17.5. The number of anilines is 1. The molecule has 0 unspecified atom stereocenters. The minimum absolute atomic E-state index is 0.0182. The minimum Gasteiger partial charge on any atom is -0.482 e. The molecule has 1 aliphatic heterocycles. The highest BCUT2D eigenvalue weighted by molar-refractivity contribution is 6.34. The summed E-state index contributed by atoms with van der Waals surface area (Å²) >= 11 is 6.10. The molecule has 31 heavy (non-hydrogen) atoms. The number of benzene rings is 2. The van der Waals surface area contributed by atoms with E-state index in [2.05, 4.69) is 17.1 Å². The van der Waals surface area contributed by atoms with E-state index in [-0.39, 0.29) is 46.9 Å². The Kier molecular flexibility index (Phi) is 7.35. The van der Waals surface area contributed by atoms with Crippen LogP contribution in [0, 0.1) is 5.82 Å². The fourth-order valence-electron chi connectivity index (χ4n) is 3.68. The van der Waals surface area contributed by atoms with Gasteiger partial charge in [-0.25, -0.2) is 9.18 Å². The Balaban J connectivity index is 1.60. The Morgan fingerprint density at radius 2 is 1.87 bits per heavy atom. The molecule has 1 aliphatic rings. The first-order valence-corrected chi connectivity index (χ1v) is 10.4. The van der Waals surface area contributed by atoms with Crippen LogP contribution in [0.5, 0.6) is 5.75 Å². The van der Waals surface area contributed by atoms with E-state index in [1.807, 2.05) is 6.92 Å². The molecule has 1 heterocycles. The first-order valence-electron chi connectivity index (χ1n) is 10.0. The number of urea groups is 1. The zero-order valence-corrected chi connectivity index (χ0v) is 18.2. The average Bonchev–Trinajstić information content (AvgIpc) is 2.72. The van der Waals surface area contributed by atoms with Gasteiger partial charge in [0.2, 0.25) is 0 Å². The lowest BCUT2D eigenvalue weighted by atomic mass is 10.1. The number of amides is 3. The molecule has 3 amide bonds. The second-order valence-corrected chi connectivity index (χ2v) is 8.10. The molecule has 0 bridgehead atoms. The number of nitrogens with zero attached hydrogens (tertiary/aromatic N) is 2. The fourth-order valence-corrected chi connectivity index (χ4v) is 3.89. The van der Waals surface area contributed by atoms with Gasteiger partial charge in [0.25, 0.3) is 5.91 Å². The summed E-state index contributed by atoms with van der Waals surface area (Å²) in [6.07, 6.45) is 0. The van der Waals surface area contributed by atoms with E-state index in [0.29, 0.717) is 19.6 Å². The van der Waals surface area contributed by atoms with Crippen LogP contribution in [-0.4, -0.2) is 53.5 Å². The van der Waals surface area contributed by atoms with E-state index in [0.717, 1.165) is 5.56 Å². The Hall–Kier alpha value is -2.84. The summed E-state index contributed by atoms with van der Waals surface area (Å²) < 4.78 is 18.8. The van der Waals surface area contributed by atoms with E-state index in [4.69, 9.17) is 22.1 Å². The SMILES string of the molecule is C[C@@H]1CN(Cc2ccc(F)cc2)[C@@H](C)CN1C(=O)COc1cccc(Cl)c1NC(N)=O. The van der Waals surface area contributed by atoms with Crippen molar-refractivity contribution < 1.29 is 18.7 Å². The molecule has 0 aliphatic carbocycles. The van der Waals surface area contributed by atoms with E-state index < -0.39 is 6.03 Å². The third kappa shape index (κ3) is 5.86. The molecule has 1 fully saturated rings. The average molecular weight is 449 g/mol. The summed E-state index contributed by atoms with van der Waals surface area (Å²) in [4.78, 5) is 28.1. The maximum absolute atomic E-state index is 13.1. The van der Waals surface area contributed by atoms with Gasteiger partial charge in [0, 0.05) is 31.7 Å². The molecule has 0 radical (unpaired) electrons. The Morgan fingerprint density at radius 3 is 2.55 bits per heavy atom. The molecule has 1 saturated heterocycles. The van der Waals surface area contributed by atoms with Gasteiger partial charge in [-0.15, -0.1) is 0 Å². The number of carbonyl (C=O) groups is 2. The van der Waals surface area contributed by atoms with Crippen molar-refractivity contribution in [2.75, 3.05) is 25.0 Å². The number of carbonyl (C=O) groups excluding carboxylic acids is 2. The van der Waals surface area contributed by atoms with Crippen molar-refractivity contribution in [2.24, 2.45) is 5.73 Å². The standard InChI is InChI=1S/C22H26ClFN4O3/c1-14-11-28(15(2)10-27(14)12-16-6-8-17(24)9-7-16)20(29)13-31-19-5-3-4-18(23)21(19)26-22(25)30/h3-9,14-15H,10-13H2,1-2H3,(H3,25,26,30)/t14-,15+/m0/s1. The van der Waals surface area contributed by atoms with Crippen molar-refractivity contribution in [3.8, 4) is 5.75 Å². The number of nitrogens with two attached hydrogens (primary N) is 1. The lowest BCUT2D eigenvalue weighted by molar-refractivity contribution is -0.139.